The molecule has 1 N–H and O–H groups in total. The molecular formula is C17H15ClN4O3S. The van der Waals surface area contributed by atoms with Gasteiger partial charge in [-0.1, -0.05) is 16.7 Å². The third-order valence-electron chi connectivity index (χ3n) is 3.54. The van der Waals surface area contributed by atoms with Crippen molar-refractivity contribution in [2.24, 2.45) is 0 Å². The third kappa shape index (κ3) is 3.76. The quantitative estimate of drug-likeness (QED) is 0.712. The Hall–Kier alpha value is -2.71. The predicted octanol–water partition coefficient (Wildman–Crippen LogP) is 3.83. The molecule has 0 fully saturated rings. The average molecular weight is 391 g/mol. The first-order valence-corrected chi connectivity index (χ1v) is 8.70. The van der Waals surface area contributed by atoms with Crippen LogP contribution in [0.25, 0.3) is 11.1 Å². The van der Waals surface area contributed by atoms with Crippen molar-refractivity contribution in [3.8, 4) is 22.1 Å². The molecule has 0 unspecified atom stereocenters. The molecule has 1 aromatic carbocycles. The number of methoxy groups -OCH3 is 2. The predicted molar refractivity (Wildman–Crippen MR) is 100 cm³/mol. The second-order valence-electron chi connectivity index (χ2n) is 5.25. The Morgan fingerprint density at radius 2 is 1.96 bits per heavy atom. The highest BCUT2D eigenvalue weighted by Gasteiger charge is 2.19. The number of ether oxygens (including phenoxy) is 2. The maximum Gasteiger partial charge on any atom is 0.295 e. The molecule has 2 heterocycles. The lowest BCUT2D eigenvalue weighted by Gasteiger charge is -2.13. The highest BCUT2D eigenvalue weighted by atomic mass is 35.5. The van der Waals surface area contributed by atoms with Crippen LogP contribution in [0, 0.1) is 6.92 Å². The number of amides is 1. The van der Waals surface area contributed by atoms with Gasteiger partial charge in [0.15, 0.2) is 0 Å². The number of carbonyl (C=O) groups excluding carboxylic acids is 1. The van der Waals surface area contributed by atoms with Gasteiger partial charge in [0.25, 0.3) is 11.1 Å². The number of anilines is 1. The van der Waals surface area contributed by atoms with Crippen LogP contribution in [-0.2, 0) is 0 Å². The lowest BCUT2D eigenvalue weighted by Crippen LogP contribution is -2.14. The van der Waals surface area contributed by atoms with Gasteiger partial charge < -0.3 is 9.47 Å². The van der Waals surface area contributed by atoms with Crippen molar-refractivity contribution in [1.29, 1.82) is 0 Å². The van der Waals surface area contributed by atoms with Crippen molar-refractivity contribution in [1.82, 2.24) is 15.2 Å². The number of hydrogen-bond acceptors (Lipinski definition) is 7. The van der Waals surface area contributed by atoms with Gasteiger partial charge in [-0.2, -0.15) is 0 Å². The Bertz CT molecular complexity index is 961. The summed E-state index contributed by atoms with van der Waals surface area (Å²) in [6.07, 6.45) is 1.51. The summed E-state index contributed by atoms with van der Waals surface area (Å²) in [6, 6.07) is 7.04. The van der Waals surface area contributed by atoms with Gasteiger partial charge in [-0.3, -0.25) is 15.1 Å². The smallest absolute Gasteiger partial charge is 0.295 e. The molecule has 3 aromatic rings. The molecule has 134 valence electrons. The second-order valence-corrected chi connectivity index (χ2v) is 6.62. The fraction of sp³-hybridized carbons (Fsp3) is 0.176. The molecule has 0 aliphatic rings. The van der Waals surface area contributed by atoms with Crippen molar-refractivity contribution >= 4 is 34.0 Å². The highest BCUT2D eigenvalue weighted by molar-refractivity contribution is 7.17. The number of pyridine rings is 1. The van der Waals surface area contributed by atoms with E-state index in [0.717, 1.165) is 17.0 Å². The van der Waals surface area contributed by atoms with Gasteiger partial charge in [0, 0.05) is 28.0 Å². The lowest BCUT2D eigenvalue weighted by molar-refractivity contribution is 0.102. The van der Waals surface area contributed by atoms with Crippen molar-refractivity contribution < 1.29 is 14.3 Å². The van der Waals surface area contributed by atoms with Crippen LogP contribution in [0.15, 0.2) is 30.5 Å². The number of aryl methyl sites for hydroxylation is 1. The van der Waals surface area contributed by atoms with E-state index in [1.165, 1.54) is 13.3 Å². The van der Waals surface area contributed by atoms with Gasteiger partial charge in [-0.15, -0.1) is 5.10 Å². The van der Waals surface area contributed by atoms with Crippen molar-refractivity contribution in [3.63, 3.8) is 0 Å². The van der Waals surface area contributed by atoms with Gasteiger partial charge in [0.2, 0.25) is 5.13 Å². The first-order chi connectivity index (χ1) is 12.5. The summed E-state index contributed by atoms with van der Waals surface area (Å²) < 4.78 is 10.4. The third-order valence-corrected chi connectivity index (χ3v) is 4.57. The topological polar surface area (TPSA) is 86.2 Å². The van der Waals surface area contributed by atoms with E-state index in [1.807, 2.05) is 13.0 Å². The van der Waals surface area contributed by atoms with Crippen LogP contribution in [0.4, 0.5) is 5.13 Å². The van der Waals surface area contributed by atoms with Crippen LogP contribution in [0.5, 0.6) is 10.9 Å². The van der Waals surface area contributed by atoms with Crippen molar-refractivity contribution in [2.75, 3.05) is 19.5 Å². The molecule has 26 heavy (non-hydrogen) atoms. The minimum absolute atomic E-state index is 0.330. The van der Waals surface area contributed by atoms with Gasteiger partial charge in [-0.05, 0) is 42.5 Å². The number of halogens is 1. The number of benzene rings is 1. The van der Waals surface area contributed by atoms with Gasteiger partial charge in [-0.25, -0.2) is 0 Å². The number of nitrogens with zero attached hydrogens (tertiary/aromatic N) is 3. The van der Waals surface area contributed by atoms with Crippen molar-refractivity contribution in [3.05, 3.63) is 46.7 Å². The zero-order valence-electron chi connectivity index (χ0n) is 14.2. The molecule has 0 aliphatic heterocycles. The van der Waals surface area contributed by atoms with Gasteiger partial charge in [0.1, 0.15) is 5.75 Å². The normalized spacial score (nSPS) is 10.5. The fourth-order valence-electron chi connectivity index (χ4n) is 2.36. The summed E-state index contributed by atoms with van der Waals surface area (Å²) >= 11 is 7.27. The molecule has 9 heteroatoms. The molecule has 2 aromatic heterocycles. The molecule has 0 radical (unpaired) electrons. The van der Waals surface area contributed by atoms with Gasteiger partial charge in [0.05, 0.1) is 19.8 Å². The second kappa shape index (κ2) is 7.67. The molecule has 0 bridgehead atoms. The Labute approximate surface area is 159 Å². The zero-order chi connectivity index (χ0) is 18.7. The van der Waals surface area contributed by atoms with Crippen LogP contribution in [0.1, 0.15) is 16.1 Å². The lowest BCUT2D eigenvalue weighted by atomic mass is 9.99. The number of nitrogens with one attached hydrogen (secondary N) is 1. The van der Waals surface area contributed by atoms with E-state index in [4.69, 9.17) is 21.1 Å². The van der Waals surface area contributed by atoms with Crippen LogP contribution in [0.2, 0.25) is 5.02 Å². The van der Waals surface area contributed by atoms with E-state index in [-0.39, 0.29) is 5.91 Å². The summed E-state index contributed by atoms with van der Waals surface area (Å²) in [4.78, 5) is 17.0. The summed E-state index contributed by atoms with van der Waals surface area (Å²) in [5, 5.41) is 11.6. The van der Waals surface area contributed by atoms with Gasteiger partial charge >= 0.3 is 0 Å². The molecular weight excluding hydrogens is 376 g/mol. The molecule has 0 saturated heterocycles. The first-order valence-electron chi connectivity index (χ1n) is 7.51. The minimum Gasteiger partial charge on any atom is -0.496 e. The molecule has 0 aliphatic carbocycles. The molecule has 7 nitrogen and oxygen atoms in total. The maximum absolute atomic E-state index is 12.8. The standard InChI is InChI=1S/C17H15ClN4O3S/c1-9-6-11(12-7-10(18)4-5-14(12)24-2)13(8-19-9)15(23)20-16-21-22-17(25-3)26-16/h4-8H,1-3H3,(H,20,21,23). The van der Waals surface area contributed by atoms with E-state index in [2.05, 4.69) is 20.5 Å². The number of carbonyl (C=O) groups is 1. The SMILES string of the molecule is COc1nnc(NC(=O)c2cnc(C)cc2-c2cc(Cl)ccc2OC)s1. The molecule has 0 spiro atoms. The summed E-state index contributed by atoms with van der Waals surface area (Å²) in [6.45, 7) is 1.85. The Balaban J connectivity index is 2.03. The largest absolute Gasteiger partial charge is 0.496 e. The molecule has 0 atom stereocenters. The minimum atomic E-state index is -0.367. The zero-order valence-corrected chi connectivity index (χ0v) is 15.8. The summed E-state index contributed by atoms with van der Waals surface area (Å²) in [5.74, 6) is 0.236. The van der Waals surface area contributed by atoms with Crippen LogP contribution in [-0.4, -0.2) is 35.3 Å². The number of rotatable bonds is 5. The van der Waals surface area contributed by atoms with E-state index >= 15 is 0 Å². The van der Waals surface area contributed by atoms with E-state index in [0.29, 0.717) is 37.8 Å². The molecule has 1 amide bonds. The molecule has 0 saturated carbocycles. The fourth-order valence-corrected chi connectivity index (χ4v) is 3.09. The maximum atomic E-state index is 12.8. The van der Waals surface area contributed by atoms with Crippen LogP contribution < -0.4 is 14.8 Å². The average Bonchev–Trinajstić information content (AvgIpc) is 3.09. The Morgan fingerprint density at radius 1 is 1.15 bits per heavy atom. The number of aromatic nitrogens is 3. The highest BCUT2D eigenvalue weighted by Crippen LogP contribution is 2.35. The van der Waals surface area contributed by atoms with E-state index in [9.17, 15) is 4.79 Å². The molecule has 3 rings (SSSR count). The van der Waals surface area contributed by atoms with E-state index < -0.39 is 0 Å². The monoisotopic (exact) mass is 390 g/mol. The van der Waals surface area contributed by atoms with E-state index in [1.54, 1.807) is 25.3 Å². The van der Waals surface area contributed by atoms with Crippen LogP contribution >= 0.6 is 22.9 Å². The Morgan fingerprint density at radius 3 is 2.65 bits per heavy atom. The van der Waals surface area contributed by atoms with Crippen molar-refractivity contribution in [2.45, 2.75) is 6.92 Å². The first kappa shape index (κ1) is 18.1. The van der Waals surface area contributed by atoms with Crippen LogP contribution in [0.3, 0.4) is 0 Å². The summed E-state index contributed by atoms with van der Waals surface area (Å²) in [5.41, 5.74) is 2.48. The Kier molecular flexibility index (Phi) is 5.34. The number of hydrogen-bond donors (Lipinski definition) is 1. The summed E-state index contributed by atoms with van der Waals surface area (Å²) in [7, 11) is 3.05.